The molecule has 0 N–H and O–H groups in total. The third kappa shape index (κ3) is 6.73. The van der Waals surface area contributed by atoms with Gasteiger partial charge in [0.2, 0.25) is 0 Å². The summed E-state index contributed by atoms with van der Waals surface area (Å²) in [6.07, 6.45) is 2.24. The Morgan fingerprint density at radius 1 is 0.708 bits per heavy atom. The summed E-state index contributed by atoms with van der Waals surface area (Å²) in [5.41, 5.74) is 0. The van der Waals surface area contributed by atoms with Gasteiger partial charge in [-0.15, -0.1) is 0 Å². The van der Waals surface area contributed by atoms with Crippen LogP contribution in [0.3, 0.4) is 0 Å². The van der Waals surface area contributed by atoms with Gasteiger partial charge in [-0.3, -0.25) is 0 Å². The molecule has 24 heavy (non-hydrogen) atoms. The molecule has 0 saturated carbocycles. The normalized spacial score (nSPS) is 11.8. The predicted octanol–water partition coefficient (Wildman–Crippen LogP) is 2.44. The number of hydrogen-bond donors (Lipinski definition) is 0. The largest absolute Gasteiger partial charge is 0.536 e. The summed E-state index contributed by atoms with van der Waals surface area (Å²) < 4.78 is 31.6. The topological polar surface area (TPSA) is 55.4 Å². The van der Waals surface area contributed by atoms with E-state index in [2.05, 4.69) is 6.92 Å². The van der Waals surface area contributed by atoms with Crippen LogP contribution in [-0.2, 0) is 26.6 Å². The van der Waals surface area contributed by atoms with Gasteiger partial charge in [0.05, 0.1) is 0 Å². The molecule has 0 radical (unpaired) electrons. The molecule has 0 saturated heterocycles. The van der Waals surface area contributed by atoms with Crippen LogP contribution in [-0.4, -0.2) is 60.3 Å². The van der Waals surface area contributed by atoms with Gasteiger partial charge in [-0.05, 0) is 6.42 Å². The lowest BCUT2D eigenvalue weighted by Gasteiger charge is -2.24. The van der Waals surface area contributed by atoms with E-state index in [0.717, 1.165) is 24.1 Å². The van der Waals surface area contributed by atoms with Crippen molar-refractivity contribution in [3.63, 3.8) is 0 Å². The molecule has 6 nitrogen and oxygen atoms in total. The molecular weight excluding hydrogens is 344 g/mol. The molecule has 1 aromatic carbocycles. The minimum atomic E-state index is -2.59. The van der Waals surface area contributed by atoms with Crippen LogP contribution in [0.4, 0.5) is 0 Å². The van der Waals surface area contributed by atoms with E-state index in [0.29, 0.717) is 0 Å². The second-order valence-corrected chi connectivity index (χ2v) is 10.9. The van der Waals surface area contributed by atoms with Crippen LogP contribution in [0, 0.1) is 0 Å². The van der Waals surface area contributed by atoms with Crippen molar-refractivity contribution in [2.24, 2.45) is 0 Å². The average molecular weight is 377 g/mol. The maximum atomic E-state index is 5.32. The van der Waals surface area contributed by atoms with E-state index in [1.807, 2.05) is 30.3 Å². The fraction of sp³-hybridized carbons (Fsp3) is 0.625. The molecule has 0 fully saturated rings. The van der Waals surface area contributed by atoms with Crippen LogP contribution in [0.1, 0.15) is 19.8 Å². The van der Waals surface area contributed by atoms with Gasteiger partial charge >= 0.3 is 17.6 Å². The molecule has 140 valence electrons. The Balaban J connectivity index is 0.000000449. The van der Waals surface area contributed by atoms with E-state index in [1.54, 1.807) is 42.7 Å². The van der Waals surface area contributed by atoms with Crippen molar-refractivity contribution in [1.82, 2.24) is 0 Å². The zero-order chi connectivity index (χ0) is 18.5. The van der Waals surface area contributed by atoms with Gasteiger partial charge in [0.15, 0.2) is 0 Å². The van der Waals surface area contributed by atoms with Crippen molar-refractivity contribution in [3.05, 3.63) is 30.3 Å². The maximum absolute atomic E-state index is 5.32. The fourth-order valence-electron chi connectivity index (χ4n) is 2.20. The first kappa shape index (κ1) is 23.4. The van der Waals surface area contributed by atoms with E-state index in [1.165, 1.54) is 0 Å². The minimum Gasteiger partial charge on any atom is -0.377 e. The molecule has 0 aliphatic carbocycles. The first-order valence-electron chi connectivity index (χ1n) is 7.90. The SMILES string of the molecule is CCCC[Si](OC)(OC)OC.CO[Si](OC)(OC)c1ccccc1. The minimum absolute atomic E-state index is 0.910. The van der Waals surface area contributed by atoms with Gasteiger partial charge < -0.3 is 26.6 Å². The van der Waals surface area contributed by atoms with Crippen LogP contribution < -0.4 is 5.19 Å². The lowest BCUT2D eigenvalue weighted by molar-refractivity contribution is 0.123. The van der Waals surface area contributed by atoms with Crippen molar-refractivity contribution in [1.29, 1.82) is 0 Å². The van der Waals surface area contributed by atoms with Crippen LogP contribution in [0.2, 0.25) is 6.04 Å². The number of hydrogen-bond acceptors (Lipinski definition) is 6. The summed E-state index contributed by atoms with van der Waals surface area (Å²) >= 11 is 0. The molecule has 0 aliphatic rings. The summed E-state index contributed by atoms with van der Waals surface area (Å²) in [5.74, 6) is 0. The molecule has 0 spiro atoms. The molecule has 0 bridgehead atoms. The lowest BCUT2D eigenvalue weighted by Crippen LogP contribution is -2.54. The first-order valence-corrected chi connectivity index (χ1v) is 11.6. The van der Waals surface area contributed by atoms with E-state index in [-0.39, 0.29) is 0 Å². The Kier molecular flexibility index (Phi) is 12.4. The average Bonchev–Trinajstić information content (AvgIpc) is 2.67. The zero-order valence-corrected chi connectivity index (χ0v) is 18.0. The highest BCUT2D eigenvalue weighted by atomic mass is 28.4. The highest BCUT2D eigenvalue weighted by Gasteiger charge is 2.40. The maximum Gasteiger partial charge on any atom is 0.536 e. The van der Waals surface area contributed by atoms with Gasteiger partial charge in [-0.1, -0.05) is 43.7 Å². The molecule has 0 aromatic heterocycles. The Morgan fingerprint density at radius 3 is 1.50 bits per heavy atom. The van der Waals surface area contributed by atoms with Gasteiger partial charge in [0.1, 0.15) is 0 Å². The summed E-state index contributed by atoms with van der Waals surface area (Å²) in [4.78, 5) is 0. The Bertz CT molecular complexity index is 394. The third-order valence-electron chi connectivity index (χ3n) is 3.70. The van der Waals surface area contributed by atoms with Crippen molar-refractivity contribution in [2.75, 3.05) is 42.7 Å². The van der Waals surface area contributed by atoms with Crippen molar-refractivity contribution in [3.8, 4) is 0 Å². The Hall–Kier alpha value is -0.586. The molecule has 8 heteroatoms. The summed E-state index contributed by atoms with van der Waals surface area (Å²) in [6.45, 7) is 2.14. The van der Waals surface area contributed by atoms with E-state index >= 15 is 0 Å². The van der Waals surface area contributed by atoms with Crippen molar-refractivity contribution in [2.45, 2.75) is 25.8 Å². The van der Waals surface area contributed by atoms with Gasteiger partial charge in [0, 0.05) is 53.9 Å². The molecule has 0 unspecified atom stereocenters. The summed E-state index contributed by atoms with van der Waals surface area (Å²) in [6, 6.07) is 10.6. The fourth-order valence-corrected chi connectivity index (χ4v) is 5.90. The molecule has 0 heterocycles. The van der Waals surface area contributed by atoms with Gasteiger partial charge in [-0.25, -0.2) is 0 Å². The number of benzene rings is 1. The molecule has 1 rings (SSSR count). The quantitative estimate of drug-likeness (QED) is 0.585. The van der Waals surface area contributed by atoms with Gasteiger partial charge in [-0.2, -0.15) is 0 Å². The number of rotatable bonds is 10. The Labute approximate surface area is 148 Å². The van der Waals surface area contributed by atoms with Crippen LogP contribution in [0.5, 0.6) is 0 Å². The van der Waals surface area contributed by atoms with Crippen LogP contribution in [0.15, 0.2) is 30.3 Å². The van der Waals surface area contributed by atoms with E-state index in [9.17, 15) is 0 Å². The predicted molar refractivity (Wildman–Crippen MR) is 99.4 cm³/mol. The summed E-state index contributed by atoms with van der Waals surface area (Å²) in [5, 5.41) is 0.975. The van der Waals surface area contributed by atoms with Crippen molar-refractivity contribution >= 4 is 22.8 Å². The standard InChI is InChI=1S/C9H14O3Si.C7H18O3Si/c1-10-13(11-2,12-3)9-7-5-4-6-8-9;1-5-6-7-11(8-2,9-3)10-4/h4-8H,1-3H3;5-7H2,1-4H3. The molecule has 0 atom stereocenters. The molecule has 0 aliphatic heterocycles. The monoisotopic (exact) mass is 376 g/mol. The second kappa shape index (κ2) is 12.7. The smallest absolute Gasteiger partial charge is 0.377 e. The zero-order valence-electron chi connectivity index (χ0n) is 16.0. The van der Waals surface area contributed by atoms with Crippen molar-refractivity contribution < 1.29 is 26.6 Å². The highest BCUT2D eigenvalue weighted by Crippen LogP contribution is 2.15. The van der Waals surface area contributed by atoms with E-state index in [4.69, 9.17) is 26.6 Å². The molecular formula is C16H32O6Si2. The molecule has 0 amide bonds. The second-order valence-electron chi connectivity index (χ2n) is 4.93. The highest BCUT2D eigenvalue weighted by molar-refractivity contribution is 6.75. The van der Waals surface area contributed by atoms with Gasteiger partial charge in [0.25, 0.3) is 0 Å². The van der Waals surface area contributed by atoms with Crippen LogP contribution >= 0.6 is 0 Å². The van der Waals surface area contributed by atoms with Crippen LogP contribution in [0.25, 0.3) is 0 Å². The van der Waals surface area contributed by atoms with E-state index < -0.39 is 17.6 Å². The first-order chi connectivity index (χ1) is 11.5. The number of unbranched alkanes of at least 4 members (excludes halogenated alkanes) is 1. The Morgan fingerprint density at radius 2 is 1.17 bits per heavy atom. The lowest BCUT2D eigenvalue weighted by atomic mass is 10.4. The summed E-state index contributed by atoms with van der Waals surface area (Å²) in [7, 11) is 4.92. The molecule has 1 aromatic rings. The third-order valence-corrected chi connectivity index (χ3v) is 9.19.